The summed E-state index contributed by atoms with van der Waals surface area (Å²) in [7, 11) is 0. The van der Waals surface area contributed by atoms with Gasteiger partial charge in [-0.2, -0.15) is 0 Å². The molecule has 0 radical (unpaired) electrons. The molecule has 0 saturated heterocycles. The van der Waals surface area contributed by atoms with E-state index in [0.717, 1.165) is 25.7 Å². The van der Waals surface area contributed by atoms with E-state index in [1.807, 2.05) is 25.1 Å². The van der Waals surface area contributed by atoms with Gasteiger partial charge in [-0.05, 0) is 31.9 Å². The number of carbonyl (C=O) groups is 2. The van der Waals surface area contributed by atoms with Crippen molar-refractivity contribution in [2.45, 2.75) is 39.0 Å². The van der Waals surface area contributed by atoms with E-state index >= 15 is 0 Å². The molecule has 1 aromatic carbocycles. The van der Waals surface area contributed by atoms with Crippen LogP contribution in [0.2, 0.25) is 0 Å². The molecule has 4 nitrogen and oxygen atoms in total. The normalized spacial score (nSPS) is 10.1. The quantitative estimate of drug-likeness (QED) is 0.558. The largest absolute Gasteiger partial charge is 0.466 e. The summed E-state index contributed by atoms with van der Waals surface area (Å²) < 4.78 is 4.85. The standard InChI is InChI=1S/C16H23NO3/c1-2-20-15(18)12-8-3-4-9-13-17-16(19)14-10-6-5-7-11-14/h5-7,10-11H,2-4,8-9,12-13H2,1H3,(H,17,19). The summed E-state index contributed by atoms with van der Waals surface area (Å²) in [6, 6.07) is 9.19. The molecule has 0 atom stereocenters. The molecular weight excluding hydrogens is 254 g/mol. The Bertz CT molecular complexity index is 403. The highest BCUT2D eigenvalue weighted by Gasteiger charge is 2.03. The van der Waals surface area contributed by atoms with E-state index in [0.29, 0.717) is 25.1 Å². The number of hydrogen-bond acceptors (Lipinski definition) is 3. The minimum atomic E-state index is -0.120. The lowest BCUT2D eigenvalue weighted by molar-refractivity contribution is -0.143. The van der Waals surface area contributed by atoms with Crippen LogP contribution in [0.25, 0.3) is 0 Å². The molecular formula is C16H23NO3. The maximum atomic E-state index is 11.7. The minimum Gasteiger partial charge on any atom is -0.466 e. The predicted molar refractivity (Wildman–Crippen MR) is 78.5 cm³/mol. The Hall–Kier alpha value is -1.84. The van der Waals surface area contributed by atoms with Gasteiger partial charge in [-0.1, -0.05) is 31.0 Å². The zero-order valence-corrected chi connectivity index (χ0v) is 12.1. The summed E-state index contributed by atoms with van der Waals surface area (Å²) in [6.07, 6.45) is 4.27. The van der Waals surface area contributed by atoms with Crippen molar-refractivity contribution in [1.82, 2.24) is 5.32 Å². The van der Waals surface area contributed by atoms with E-state index in [1.54, 1.807) is 12.1 Å². The van der Waals surface area contributed by atoms with Crippen molar-refractivity contribution in [3.63, 3.8) is 0 Å². The van der Waals surface area contributed by atoms with Gasteiger partial charge in [0.05, 0.1) is 6.61 Å². The number of hydrogen-bond donors (Lipinski definition) is 1. The first-order chi connectivity index (χ1) is 9.74. The van der Waals surface area contributed by atoms with Crippen molar-refractivity contribution in [2.75, 3.05) is 13.2 Å². The van der Waals surface area contributed by atoms with E-state index < -0.39 is 0 Å². The second kappa shape index (κ2) is 10.0. The predicted octanol–water partition coefficient (Wildman–Crippen LogP) is 2.93. The van der Waals surface area contributed by atoms with Gasteiger partial charge in [-0.15, -0.1) is 0 Å². The molecule has 0 aliphatic heterocycles. The number of ether oxygens (including phenoxy) is 1. The van der Waals surface area contributed by atoms with Gasteiger partial charge < -0.3 is 10.1 Å². The summed E-state index contributed by atoms with van der Waals surface area (Å²) >= 11 is 0. The van der Waals surface area contributed by atoms with Crippen LogP contribution in [-0.2, 0) is 9.53 Å². The fourth-order valence-corrected chi connectivity index (χ4v) is 1.87. The SMILES string of the molecule is CCOC(=O)CCCCCCNC(=O)c1ccccc1. The number of rotatable bonds is 9. The molecule has 0 heterocycles. The second-order valence-electron chi connectivity index (χ2n) is 4.59. The molecule has 0 fully saturated rings. The van der Waals surface area contributed by atoms with E-state index in [9.17, 15) is 9.59 Å². The summed E-state index contributed by atoms with van der Waals surface area (Å²) in [5, 5.41) is 2.89. The minimum absolute atomic E-state index is 0.0304. The third kappa shape index (κ3) is 6.92. The molecule has 1 rings (SSSR count). The monoisotopic (exact) mass is 277 g/mol. The van der Waals surface area contributed by atoms with E-state index in [1.165, 1.54) is 0 Å². The average molecular weight is 277 g/mol. The van der Waals surface area contributed by atoms with Gasteiger partial charge in [0.1, 0.15) is 0 Å². The van der Waals surface area contributed by atoms with Crippen molar-refractivity contribution in [2.24, 2.45) is 0 Å². The maximum absolute atomic E-state index is 11.7. The van der Waals surface area contributed by atoms with Crippen molar-refractivity contribution in [1.29, 1.82) is 0 Å². The third-order valence-electron chi connectivity index (χ3n) is 2.93. The Morgan fingerprint density at radius 2 is 1.75 bits per heavy atom. The number of esters is 1. The molecule has 1 N–H and O–H groups in total. The van der Waals surface area contributed by atoms with Gasteiger partial charge in [0.25, 0.3) is 5.91 Å². The first kappa shape index (κ1) is 16.2. The average Bonchev–Trinajstić information content (AvgIpc) is 2.47. The van der Waals surface area contributed by atoms with Crippen LogP contribution in [0.15, 0.2) is 30.3 Å². The van der Waals surface area contributed by atoms with Crippen LogP contribution in [0.4, 0.5) is 0 Å². The third-order valence-corrected chi connectivity index (χ3v) is 2.93. The van der Waals surface area contributed by atoms with Gasteiger partial charge in [-0.25, -0.2) is 0 Å². The molecule has 0 aliphatic rings. The molecule has 0 spiro atoms. The smallest absolute Gasteiger partial charge is 0.305 e. The lowest BCUT2D eigenvalue weighted by Gasteiger charge is -2.05. The number of amides is 1. The first-order valence-electron chi connectivity index (χ1n) is 7.23. The second-order valence-corrected chi connectivity index (χ2v) is 4.59. The fraction of sp³-hybridized carbons (Fsp3) is 0.500. The lowest BCUT2D eigenvalue weighted by Crippen LogP contribution is -2.24. The molecule has 0 aliphatic carbocycles. The van der Waals surface area contributed by atoms with Crippen molar-refractivity contribution in [3.05, 3.63) is 35.9 Å². The van der Waals surface area contributed by atoms with Crippen LogP contribution in [-0.4, -0.2) is 25.0 Å². The summed E-state index contributed by atoms with van der Waals surface area (Å²) in [5.41, 5.74) is 0.690. The number of carbonyl (C=O) groups excluding carboxylic acids is 2. The van der Waals surface area contributed by atoms with E-state index in [4.69, 9.17) is 4.74 Å². The molecule has 1 amide bonds. The Morgan fingerprint density at radius 3 is 2.45 bits per heavy atom. The first-order valence-corrected chi connectivity index (χ1v) is 7.23. The Labute approximate surface area is 120 Å². The highest BCUT2D eigenvalue weighted by molar-refractivity contribution is 5.94. The van der Waals surface area contributed by atoms with Crippen LogP contribution in [0.5, 0.6) is 0 Å². The lowest BCUT2D eigenvalue weighted by atomic mass is 10.1. The van der Waals surface area contributed by atoms with E-state index in [2.05, 4.69) is 5.32 Å². The van der Waals surface area contributed by atoms with Crippen LogP contribution in [0, 0.1) is 0 Å². The fourth-order valence-electron chi connectivity index (χ4n) is 1.87. The van der Waals surface area contributed by atoms with Crippen molar-refractivity contribution in [3.8, 4) is 0 Å². The Morgan fingerprint density at radius 1 is 1.05 bits per heavy atom. The molecule has 0 aromatic heterocycles. The molecule has 0 saturated carbocycles. The van der Waals surface area contributed by atoms with Crippen molar-refractivity contribution >= 4 is 11.9 Å². The Kier molecular flexibility index (Phi) is 8.11. The van der Waals surface area contributed by atoms with E-state index in [-0.39, 0.29) is 11.9 Å². The van der Waals surface area contributed by atoms with Crippen LogP contribution in [0.3, 0.4) is 0 Å². The summed E-state index contributed by atoms with van der Waals surface area (Å²) in [4.78, 5) is 22.8. The molecule has 20 heavy (non-hydrogen) atoms. The van der Waals surface area contributed by atoms with Gasteiger partial charge in [0.2, 0.25) is 0 Å². The zero-order valence-electron chi connectivity index (χ0n) is 12.1. The topological polar surface area (TPSA) is 55.4 Å². The number of nitrogens with one attached hydrogen (secondary N) is 1. The van der Waals surface area contributed by atoms with Gasteiger partial charge in [0, 0.05) is 18.5 Å². The molecule has 1 aromatic rings. The van der Waals surface area contributed by atoms with Gasteiger partial charge in [-0.3, -0.25) is 9.59 Å². The molecule has 0 unspecified atom stereocenters. The molecule has 110 valence electrons. The van der Waals surface area contributed by atoms with Gasteiger partial charge in [0.15, 0.2) is 0 Å². The van der Waals surface area contributed by atoms with Crippen LogP contribution >= 0.6 is 0 Å². The summed E-state index contributed by atoms with van der Waals surface area (Å²) in [5.74, 6) is -0.151. The molecule has 4 heteroatoms. The van der Waals surface area contributed by atoms with Crippen LogP contribution < -0.4 is 5.32 Å². The number of benzene rings is 1. The maximum Gasteiger partial charge on any atom is 0.305 e. The Balaban J connectivity index is 2.00. The molecule has 0 bridgehead atoms. The van der Waals surface area contributed by atoms with Crippen LogP contribution in [0.1, 0.15) is 49.4 Å². The van der Waals surface area contributed by atoms with Gasteiger partial charge >= 0.3 is 5.97 Å². The highest BCUT2D eigenvalue weighted by Crippen LogP contribution is 2.04. The zero-order chi connectivity index (χ0) is 14.6. The summed E-state index contributed by atoms with van der Waals surface area (Å²) in [6.45, 7) is 2.94. The van der Waals surface area contributed by atoms with Crippen molar-refractivity contribution < 1.29 is 14.3 Å². The number of unbranched alkanes of at least 4 members (excludes halogenated alkanes) is 3. The highest BCUT2D eigenvalue weighted by atomic mass is 16.5.